The zero-order valence-corrected chi connectivity index (χ0v) is 9.36. The van der Waals surface area contributed by atoms with Crippen molar-refractivity contribution in [2.45, 2.75) is 32.6 Å². The Bertz CT molecular complexity index is 339. The molecule has 2 heteroatoms. The third kappa shape index (κ3) is 4.03. The van der Waals surface area contributed by atoms with E-state index < -0.39 is 0 Å². The van der Waals surface area contributed by atoms with E-state index in [1.54, 1.807) is 0 Å². The molecule has 15 heavy (non-hydrogen) atoms. The molecule has 0 fully saturated rings. The number of rotatable bonds is 5. The van der Waals surface area contributed by atoms with Crippen LogP contribution < -0.4 is 4.74 Å². The molecule has 1 aromatic rings. The SMILES string of the molecule is CC(C)c1cccc(OCCCC#N)c1. The standard InChI is InChI=1S/C13H17NO/c1-11(2)12-6-5-7-13(10-12)15-9-4-3-8-14/h5-7,10-11H,3-4,9H2,1-2H3. The molecule has 0 aromatic heterocycles. The zero-order valence-electron chi connectivity index (χ0n) is 9.36. The van der Waals surface area contributed by atoms with Crippen molar-refractivity contribution in [1.29, 1.82) is 5.26 Å². The van der Waals surface area contributed by atoms with Crippen LogP contribution in [0.15, 0.2) is 24.3 Å². The Labute approximate surface area is 91.5 Å². The summed E-state index contributed by atoms with van der Waals surface area (Å²) in [5, 5.41) is 8.37. The smallest absolute Gasteiger partial charge is 0.119 e. The van der Waals surface area contributed by atoms with Gasteiger partial charge in [0.05, 0.1) is 12.7 Å². The Kier molecular flexibility index (Phi) is 4.70. The predicted octanol–water partition coefficient (Wildman–Crippen LogP) is 3.49. The van der Waals surface area contributed by atoms with E-state index in [0.717, 1.165) is 12.2 Å². The fourth-order valence-corrected chi connectivity index (χ4v) is 1.30. The summed E-state index contributed by atoms with van der Waals surface area (Å²) in [7, 11) is 0. The highest BCUT2D eigenvalue weighted by Crippen LogP contribution is 2.20. The van der Waals surface area contributed by atoms with Crippen LogP contribution in [-0.2, 0) is 0 Å². The van der Waals surface area contributed by atoms with Gasteiger partial charge >= 0.3 is 0 Å². The molecule has 0 unspecified atom stereocenters. The minimum Gasteiger partial charge on any atom is -0.494 e. The van der Waals surface area contributed by atoms with Gasteiger partial charge in [0.2, 0.25) is 0 Å². The van der Waals surface area contributed by atoms with E-state index in [0.29, 0.717) is 18.9 Å². The van der Waals surface area contributed by atoms with E-state index in [9.17, 15) is 0 Å². The number of benzene rings is 1. The predicted molar refractivity (Wildman–Crippen MR) is 60.9 cm³/mol. The molecule has 1 rings (SSSR count). The van der Waals surface area contributed by atoms with Crippen molar-refractivity contribution in [1.82, 2.24) is 0 Å². The van der Waals surface area contributed by atoms with Crippen LogP contribution in [0.25, 0.3) is 0 Å². The summed E-state index contributed by atoms with van der Waals surface area (Å²) < 4.78 is 5.55. The molecular formula is C13H17NO. The van der Waals surface area contributed by atoms with Crippen molar-refractivity contribution < 1.29 is 4.74 Å². The summed E-state index contributed by atoms with van der Waals surface area (Å²) in [6.45, 7) is 4.94. The first-order valence-corrected chi connectivity index (χ1v) is 5.33. The van der Waals surface area contributed by atoms with Crippen molar-refractivity contribution in [3.63, 3.8) is 0 Å². The summed E-state index contributed by atoms with van der Waals surface area (Å²) in [5.74, 6) is 1.42. The lowest BCUT2D eigenvalue weighted by Crippen LogP contribution is -1.97. The van der Waals surface area contributed by atoms with Gasteiger partial charge in [-0.3, -0.25) is 0 Å². The number of hydrogen-bond donors (Lipinski definition) is 0. The summed E-state index contributed by atoms with van der Waals surface area (Å²) >= 11 is 0. The van der Waals surface area contributed by atoms with Crippen LogP contribution in [0.3, 0.4) is 0 Å². The number of unbranched alkanes of at least 4 members (excludes halogenated alkanes) is 1. The molecule has 2 nitrogen and oxygen atoms in total. The third-order valence-corrected chi connectivity index (χ3v) is 2.23. The number of hydrogen-bond acceptors (Lipinski definition) is 2. The molecule has 80 valence electrons. The molecule has 0 atom stereocenters. The van der Waals surface area contributed by atoms with Crippen molar-refractivity contribution in [3.05, 3.63) is 29.8 Å². The molecule has 1 aromatic carbocycles. The first-order valence-electron chi connectivity index (χ1n) is 5.33. The molecule has 0 saturated heterocycles. The molecule has 0 aliphatic heterocycles. The Hall–Kier alpha value is -1.49. The quantitative estimate of drug-likeness (QED) is 0.686. The van der Waals surface area contributed by atoms with Gasteiger partial charge in [-0.2, -0.15) is 5.26 Å². The van der Waals surface area contributed by atoms with Gasteiger partial charge in [-0.1, -0.05) is 26.0 Å². The van der Waals surface area contributed by atoms with Gasteiger partial charge in [0, 0.05) is 6.42 Å². The van der Waals surface area contributed by atoms with Gasteiger partial charge in [-0.15, -0.1) is 0 Å². The fourth-order valence-electron chi connectivity index (χ4n) is 1.30. The maximum absolute atomic E-state index is 8.37. The van der Waals surface area contributed by atoms with Crippen molar-refractivity contribution in [2.75, 3.05) is 6.61 Å². The average molecular weight is 203 g/mol. The summed E-state index contributed by atoms with van der Waals surface area (Å²) in [5.41, 5.74) is 1.28. The number of ether oxygens (including phenoxy) is 1. The highest BCUT2D eigenvalue weighted by atomic mass is 16.5. The Morgan fingerprint density at radius 2 is 2.20 bits per heavy atom. The van der Waals surface area contributed by atoms with Gasteiger partial charge in [-0.25, -0.2) is 0 Å². The highest BCUT2D eigenvalue weighted by Gasteiger charge is 2.00. The molecule has 0 radical (unpaired) electrons. The Morgan fingerprint density at radius 3 is 2.87 bits per heavy atom. The van der Waals surface area contributed by atoms with Gasteiger partial charge in [0.25, 0.3) is 0 Å². The lowest BCUT2D eigenvalue weighted by atomic mass is 10.0. The van der Waals surface area contributed by atoms with Crippen LogP contribution in [0.4, 0.5) is 0 Å². The Balaban J connectivity index is 2.48. The van der Waals surface area contributed by atoms with E-state index in [1.807, 2.05) is 12.1 Å². The second-order valence-electron chi connectivity index (χ2n) is 3.84. The molecule has 0 bridgehead atoms. The molecule has 0 spiro atoms. The van der Waals surface area contributed by atoms with Crippen LogP contribution >= 0.6 is 0 Å². The molecular weight excluding hydrogens is 186 g/mol. The van der Waals surface area contributed by atoms with Crippen LogP contribution in [0.1, 0.15) is 38.2 Å². The summed E-state index contributed by atoms with van der Waals surface area (Å²) in [4.78, 5) is 0. The van der Waals surface area contributed by atoms with Crippen LogP contribution in [0.2, 0.25) is 0 Å². The largest absolute Gasteiger partial charge is 0.494 e. The van der Waals surface area contributed by atoms with Crippen LogP contribution in [0.5, 0.6) is 5.75 Å². The fraction of sp³-hybridized carbons (Fsp3) is 0.462. The van der Waals surface area contributed by atoms with Crippen molar-refractivity contribution >= 4 is 0 Å². The van der Waals surface area contributed by atoms with Crippen LogP contribution in [-0.4, -0.2) is 6.61 Å². The van der Waals surface area contributed by atoms with E-state index in [-0.39, 0.29) is 0 Å². The molecule has 0 amide bonds. The van der Waals surface area contributed by atoms with Gasteiger partial charge in [0.15, 0.2) is 0 Å². The lowest BCUT2D eigenvalue weighted by Gasteiger charge is -2.09. The van der Waals surface area contributed by atoms with E-state index in [1.165, 1.54) is 5.56 Å². The molecule has 0 aliphatic rings. The average Bonchev–Trinajstić information content (AvgIpc) is 2.25. The molecule has 0 heterocycles. The minimum absolute atomic E-state index is 0.521. The van der Waals surface area contributed by atoms with Gasteiger partial charge < -0.3 is 4.74 Å². The second kappa shape index (κ2) is 6.08. The molecule has 0 N–H and O–H groups in total. The van der Waals surface area contributed by atoms with Crippen LogP contribution in [0, 0.1) is 11.3 Å². The summed E-state index contributed by atoms with van der Waals surface area (Å²) in [6, 6.07) is 10.2. The number of nitriles is 1. The van der Waals surface area contributed by atoms with Gasteiger partial charge in [0.1, 0.15) is 5.75 Å². The first-order chi connectivity index (χ1) is 7.24. The maximum Gasteiger partial charge on any atom is 0.119 e. The van der Waals surface area contributed by atoms with Crippen molar-refractivity contribution in [2.24, 2.45) is 0 Å². The zero-order chi connectivity index (χ0) is 11.1. The Morgan fingerprint density at radius 1 is 1.40 bits per heavy atom. The van der Waals surface area contributed by atoms with Gasteiger partial charge in [-0.05, 0) is 30.0 Å². The topological polar surface area (TPSA) is 33.0 Å². The second-order valence-corrected chi connectivity index (χ2v) is 3.84. The van der Waals surface area contributed by atoms with Crippen molar-refractivity contribution in [3.8, 4) is 11.8 Å². The summed E-state index contributed by atoms with van der Waals surface area (Å²) in [6.07, 6.45) is 1.35. The minimum atomic E-state index is 0.521. The number of nitrogens with zero attached hydrogens (tertiary/aromatic N) is 1. The molecule has 0 saturated carbocycles. The third-order valence-electron chi connectivity index (χ3n) is 2.23. The highest BCUT2D eigenvalue weighted by molar-refractivity contribution is 5.30. The van der Waals surface area contributed by atoms with E-state index in [2.05, 4.69) is 32.0 Å². The lowest BCUT2D eigenvalue weighted by molar-refractivity contribution is 0.312. The van der Waals surface area contributed by atoms with E-state index >= 15 is 0 Å². The maximum atomic E-state index is 8.37. The van der Waals surface area contributed by atoms with E-state index in [4.69, 9.17) is 10.00 Å². The molecule has 0 aliphatic carbocycles. The monoisotopic (exact) mass is 203 g/mol. The first kappa shape index (κ1) is 11.6. The normalized spacial score (nSPS) is 10.0.